The summed E-state index contributed by atoms with van der Waals surface area (Å²) in [5.74, 6) is -0.765. The summed E-state index contributed by atoms with van der Waals surface area (Å²) in [7, 11) is 0. The van der Waals surface area contributed by atoms with Crippen LogP contribution in [0.2, 0.25) is 0 Å². The number of aromatic hydroxyl groups is 2. The lowest BCUT2D eigenvalue weighted by Gasteiger charge is -1.98. The van der Waals surface area contributed by atoms with Crippen molar-refractivity contribution in [1.82, 2.24) is 0 Å². The summed E-state index contributed by atoms with van der Waals surface area (Å²) in [5, 5.41) is 18.5. The Morgan fingerprint density at radius 2 is 1.95 bits per heavy atom. The van der Waals surface area contributed by atoms with Crippen LogP contribution in [0.15, 0.2) is 48.1 Å². The second-order valence-electron chi connectivity index (χ2n) is 4.38. The van der Waals surface area contributed by atoms with Gasteiger partial charge < -0.3 is 14.9 Å². The first-order valence-electron chi connectivity index (χ1n) is 6.16. The molecule has 1 rings (SSSR count). The number of hydrogen-bond donors (Lipinski definition) is 2. The number of benzene rings is 1. The van der Waals surface area contributed by atoms with Gasteiger partial charge >= 0.3 is 5.97 Å². The molecule has 0 radical (unpaired) electrons. The molecule has 0 aromatic heterocycles. The van der Waals surface area contributed by atoms with Gasteiger partial charge in [0.05, 0.1) is 0 Å². The summed E-state index contributed by atoms with van der Waals surface area (Å²) in [4.78, 5) is 11.3. The second kappa shape index (κ2) is 7.84. The summed E-state index contributed by atoms with van der Waals surface area (Å²) < 4.78 is 4.93. The SMILES string of the molecule is CC(C)=CCOC(=O)/C=C/C=C/c1ccc(O)c(O)c1. The van der Waals surface area contributed by atoms with Crippen molar-refractivity contribution in [1.29, 1.82) is 0 Å². The van der Waals surface area contributed by atoms with E-state index in [1.165, 1.54) is 18.2 Å². The Kier molecular flexibility index (Phi) is 6.10. The van der Waals surface area contributed by atoms with Crippen molar-refractivity contribution in [2.24, 2.45) is 0 Å². The molecule has 0 atom stereocenters. The number of hydrogen-bond acceptors (Lipinski definition) is 4. The number of rotatable bonds is 5. The van der Waals surface area contributed by atoms with Gasteiger partial charge in [0.2, 0.25) is 0 Å². The molecule has 0 aliphatic heterocycles. The lowest BCUT2D eigenvalue weighted by atomic mass is 10.2. The predicted molar refractivity (Wildman–Crippen MR) is 78.3 cm³/mol. The van der Waals surface area contributed by atoms with E-state index in [9.17, 15) is 9.90 Å². The molecule has 106 valence electrons. The van der Waals surface area contributed by atoms with Gasteiger partial charge in [0, 0.05) is 6.08 Å². The third-order valence-corrected chi connectivity index (χ3v) is 2.35. The number of allylic oxidation sites excluding steroid dienone is 3. The highest BCUT2D eigenvalue weighted by atomic mass is 16.5. The zero-order valence-corrected chi connectivity index (χ0v) is 11.5. The van der Waals surface area contributed by atoms with Crippen molar-refractivity contribution in [3.05, 3.63) is 53.6 Å². The van der Waals surface area contributed by atoms with Crippen LogP contribution in [0, 0.1) is 0 Å². The smallest absolute Gasteiger partial charge is 0.331 e. The largest absolute Gasteiger partial charge is 0.504 e. The monoisotopic (exact) mass is 274 g/mol. The van der Waals surface area contributed by atoms with Crippen molar-refractivity contribution in [3.8, 4) is 11.5 Å². The minimum absolute atomic E-state index is 0.166. The van der Waals surface area contributed by atoms with Gasteiger partial charge in [-0.25, -0.2) is 4.79 Å². The first-order chi connectivity index (χ1) is 9.49. The van der Waals surface area contributed by atoms with Gasteiger partial charge in [0.1, 0.15) is 6.61 Å². The maximum atomic E-state index is 11.3. The molecule has 4 heteroatoms. The Hall–Kier alpha value is -2.49. The average Bonchev–Trinajstić information content (AvgIpc) is 2.38. The summed E-state index contributed by atoms with van der Waals surface area (Å²) in [6, 6.07) is 4.46. The average molecular weight is 274 g/mol. The van der Waals surface area contributed by atoms with Crippen LogP contribution in [0.25, 0.3) is 6.08 Å². The van der Waals surface area contributed by atoms with Crippen LogP contribution in [0.4, 0.5) is 0 Å². The topological polar surface area (TPSA) is 66.8 Å². The third kappa shape index (κ3) is 5.91. The molecule has 0 spiro atoms. The zero-order valence-electron chi connectivity index (χ0n) is 11.5. The number of ether oxygens (including phenoxy) is 1. The van der Waals surface area contributed by atoms with Crippen LogP contribution in [-0.4, -0.2) is 22.8 Å². The molecule has 0 saturated heterocycles. The molecule has 0 heterocycles. The molecule has 0 bridgehead atoms. The molecule has 20 heavy (non-hydrogen) atoms. The van der Waals surface area contributed by atoms with E-state index in [2.05, 4.69) is 0 Å². The first-order valence-corrected chi connectivity index (χ1v) is 6.16. The maximum Gasteiger partial charge on any atom is 0.331 e. The highest BCUT2D eigenvalue weighted by Crippen LogP contribution is 2.25. The molecule has 0 unspecified atom stereocenters. The second-order valence-corrected chi connectivity index (χ2v) is 4.38. The number of esters is 1. The van der Waals surface area contributed by atoms with Crippen LogP contribution in [0.3, 0.4) is 0 Å². The van der Waals surface area contributed by atoms with E-state index in [0.717, 1.165) is 5.57 Å². The Labute approximate surface area is 118 Å². The van der Waals surface area contributed by atoms with E-state index in [1.807, 2.05) is 19.9 Å². The van der Waals surface area contributed by atoms with E-state index in [-0.39, 0.29) is 18.1 Å². The molecular weight excluding hydrogens is 256 g/mol. The predicted octanol–water partition coefficient (Wildman–Crippen LogP) is 3.18. The van der Waals surface area contributed by atoms with Gasteiger partial charge in [-0.3, -0.25) is 0 Å². The van der Waals surface area contributed by atoms with Gasteiger partial charge in [0.15, 0.2) is 11.5 Å². The molecule has 4 nitrogen and oxygen atoms in total. The minimum atomic E-state index is -0.416. The van der Waals surface area contributed by atoms with Crippen LogP contribution >= 0.6 is 0 Å². The first kappa shape index (κ1) is 15.6. The van der Waals surface area contributed by atoms with E-state index < -0.39 is 5.97 Å². The molecule has 2 N–H and O–H groups in total. The van der Waals surface area contributed by atoms with Crippen molar-refractivity contribution < 1.29 is 19.7 Å². The normalized spacial score (nSPS) is 10.9. The Morgan fingerprint density at radius 3 is 2.60 bits per heavy atom. The van der Waals surface area contributed by atoms with Gasteiger partial charge in [0.25, 0.3) is 0 Å². The summed E-state index contributed by atoms with van der Waals surface area (Å²) in [6.45, 7) is 4.13. The Bertz CT molecular complexity index is 550. The highest BCUT2D eigenvalue weighted by Gasteiger charge is 1.97. The van der Waals surface area contributed by atoms with Crippen molar-refractivity contribution in [3.63, 3.8) is 0 Å². The van der Waals surface area contributed by atoms with Crippen LogP contribution in [0.5, 0.6) is 11.5 Å². The highest BCUT2D eigenvalue weighted by molar-refractivity contribution is 5.82. The number of carbonyl (C=O) groups excluding carboxylic acids is 1. The molecule has 0 amide bonds. The Balaban J connectivity index is 2.47. The standard InChI is InChI=1S/C16H18O4/c1-12(2)9-10-20-16(19)6-4-3-5-13-7-8-14(17)15(18)11-13/h3-9,11,17-18H,10H2,1-2H3/b5-3+,6-4+. The lowest BCUT2D eigenvalue weighted by Crippen LogP contribution is -2.00. The third-order valence-electron chi connectivity index (χ3n) is 2.35. The van der Waals surface area contributed by atoms with Crippen LogP contribution < -0.4 is 0 Å². The van der Waals surface area contributed by atoms with Gasteiger partial charge in [-0.05, 0) is 37.6 Å². The molecule has 0 saturated carbocycles. The zero-order chi connectivity index (χ0) is 15.0. The van der Waals surface area contributed by atoms with Crippen LogP contribution in [0.1, 0.15) is 19.4 Å². The molecule has 1 aromatic rings. The summed E-state index contributed by atoms with van der Waals surface area (Å²) in [5.41, 5.74) is 1.80. The number of phenolic OH excluding ortho intramolecular Hbond substituents is 2. The van der Waals surface area contributed by atoms with Crippen LogP contribution in [-0.2, 0) is 9.53 Å². The molecule has 0 aliphatic carbocycles. The van der Waals surface area contributed by atoms with Gasteiger partial charge in [-0.2, -0.15) is 0 Å². The molecule has 0 fully saturated rings. The van der Waals surface area contributed by atoms with Crippen molar-refractivity contribution in [2.75, 3.05) is 6.61 Å². The molecular formula is C16H18O4. The Morgan fingerprint density at radius 1 is 1.20 bits per heavy atom. The quantitative estimate of drug-likeness (QED) is 0.284. The van der Waals surface area contributed by atoms with Crippen molar-refractivity contribution >= 4 is 12.0 Å². The summed E-state index contributed by atoms with van der Waals surface area (Å²) in [6.07, 6.45) is 8.03. The molecule has 0 aliphatic rings. The maximum absolute atomic E-state index is 11.3. The fourth-order valence-electron chi connectivity index (χ4n) is 1.28. The molecule has 1 aromatic carbocycles. The van der Waals surface area contributed by atoms with Crippen molar-refractivity contribution in [2.45, 2.75) is 13.8 Å². The van der Waals surface area contributed by atoms with E-state index in [4.69, 9.17) is 9.84 Å². The van der Waals surface area contributed by atoms with E-state index in [1.54, 1.807) is 24.3 Å². The van der Waals surface area contributed by atoms with Gasteiger partial charge in [-0.15, -0.1) is 0 Å². The minimum Gasteiger partial charge on any atom is -0.504 e. The van der Waals surface area contributed by atoms with E-state index >= 15 is 0 Å². The van der Waals surface area contributed by atoms with Gasteiger partial charge in [-0.1, -0.05) is 29.9 Å². The summed E-state index contributed by atoms with van der Waals surface area (Å²) >= 11 is 0. The number of phenols is 2. The number of carbonyl (C=O) groups is 1. The lowest BCUT2D eigenvalue weighted by molar-refractivity contribution is -0.136. The van der Waals surface area contributed by atoms with E-state index in [0.29, 0.717) is 5.56 Å². The fourth-order valence-corrected chi connectivity index (χ4v) is 1.28. The fraction of sp³-hybridized carbons (Fsp3) is 0.188.